The number of rotatable bonds is 6. The molecule has 0 amide bonds. The molecule has 3 aromatic heterocycles. The minimum Gasteiger partial charge on any atom is -0.392 e. The standard InChI is InChI=1S/C15H19N5O2/c21-10-8-17-4-6-19(12-17)14-2-1-3-15(16-14)20-7-5-18(13-20)9-11-22/h1-7,12-13,21-22H,8-11H2/q+2. The highest BCUT2D eigenvalue weighted by Gasteiger charge is 2.12. The van der Waals surface area contributed by atoms with Gasteiger partial charge in [-0.15, -0.1) is 0 Å². The Morgan fingerprint density at radius 2 is 1.36 bits per heavy atom. The van der Waals surface area contributed by atoms with E-state index in [4.69, 9.17) is 10.2 Å². The third kappa shape index (κ3) is 3.05. The van der Waals surface area contributed by atoms with Gasteiger partial charge in [-0.2, -0.15) is 14.1 Å². The molecule has 0 saturated carbocycles. The van der Waals surface area contributed by atoms with Crippen molar-refractivity contribution in [3.8, 4) is 11.6 Å². The maximum Gasteiger partial charge on any atom is 0.250 e. The van der Waals surface area contributed by atoms with Crippen molar-refractivity contribution in [1.29, 1.82) is 0 Å². The molecule has 2 N–H and O–H groups in total. The van der Waals surface area contributed by atoms with Crippen LogP contribution in [0.1, 0.15) is 0 Å². The van der Waals surface area contributed by atoms with E-state index in [0.717, 1.165) is 11.6 Å². The normalized spacial score (nSPS) is 11.0. The highest BCUT2D eigenvalue weighted by atomic mass is 16.3. The Balaban J connectivity index is 1.87. The van der Waals surface area contributed by atoms with Gasteiger partial charge in [-0.3, -0.25) is 0 Å². The molecule has 114 valence electrons. The van der Waals surface area contributed by atoms with Crippen molar-refractivity contribution in [2.75, 3.05) is 13.2 Å². The number of aliphatic hydroxyl groups excluding tert-OH is 2. The Hall–Kier alpha value is -2.51. The molecular weight excluding hydrogens is 282 g/mol. The van der Waals surface area contributed by atoms with Gasteiger partial charge in [-0.05, 0) is 0 Å². The van der Waals surface area contributed by atoms with Crippen LogP contribution in [-0.2, 0) is 13.1 Å². The van der Waals surface area contributed by atoms with Gasteiger partial charge in [0.2, 0.25) is 24.3 Å². The SMILES string of the molecule is OCC[n+]1ccn(-c2cccc(-n3cc[n+](CCO)c3)n2)c1. The van der Waals surface area contributed by atoms with Crippen molar-refractivity contribution in [3.63, 3.8) is 0 Å². The lowest BCUT2D eigenvalue weighted by atomic mass is 10.4. The minimum atomic E-state index is 0.108. The lowest BCUT2D eigenvalue weighted by Crippen LogP contribution is -2.33. The van der Waals surface area contributed by atoms with E-state index in [9.17, 15) is 0 Å². The summed E-state index contributed by atoms with van der Waals surface area (Å²) in [6.07, 6.45) is 11.4. The summed E-state index contributed by atoms with van der Waals surface area (Å²) in [5.74, 6) is 1.60. The smallest absolute Gasteiger partial charge is 0.250 e. The van der Waals surface area contributed by atoms with Gasteiger partial charge in [0, 0.05) is 12.1 Å². The molecule has 3 heterocycles. The first kappa shape index (κ1) is 14.4. The van der Waals surface area contributed by atoms with E-state index < -0.39 is 0 Å². The van der Waals surface area contributed by atoms with E-state index in [1.165, 1.54) is 0 Å². The maximum atomic E-state index is 8.97. The molecule has 0 aliphatic carbocycles. The minimum absolute atomic E-state index is 0.108. The third-order valence-corrected chi connectivity index (χ3v) is 3.35. The fourth-order valence-corrected chi connectivity index (χ4v) is 2.25. The average Bonchev–Trinajstić information content (AvgIpc) is 3.18. The quantitative estimate of drug-likeness (QED) is 0.587. The summed E-state index contributed by atoms with van der Waals surface area (Å²) in [4.78, 5) is 4.63. The first-order valence-electron chi connectivity index (χ1n) is 7.14. The van der Waals surface area contributed by atoms with Crippen LogP contribution >= 0.6 is 0 Å². The van der Waals surface area contributed by atoms with Gasteiger partial charge in [0.15, 0.2) is 0 Å². The molecule has 3 rings (SSSR count). The zero-order valence-corrected chi connectivity index (χ0v) is 12.2. The van der Waals surface area contributed by atoms with Crippen LogP contribution in [0.2, 0.25) is 0 Å². The molecule has 0 radical (unpaired) electrons. The molecule has 3 aromatic rings. The Labute approximate surface area is 128 Å². The molecule has 0 unspecified atom stereocenters. The van der Waals surface area contributed by atoms with Crippen LogP contribution in [0.5, 0.6) is 0 Å². The molecule has 0 aliphatic heterocycles. The number of aromatic nitrogens is 5. The maximum absolute atomic E-state index is 8.97. The predicted octanol–water partition coefficient (Wildman–Crippen LogP) is -0.777. The largest absolute Gasteiger partial charge is 0.392 e. The van der Waals surface area contributed by atoms with Crippen LogP contribution in [-0.4, -0.2) is 37.5 Å². The molecule has 0 bridgehead atoms. The molecule has 0 aliphatic rings. The van der Waals surface area contributed by atoms with Gasteiger partial charge >= 0.3 is 0 Å². The number of pyridine rings is 1. The Bertz CT molecular complexity index is 690. The second kappa shape index (κ2) is 6.50. The molecule has 0 saturated heterocycles. The first-order valence-corrected chi connectivity index (χ1v) is 7.14. The van der Waals surface area contributed by atoms with Crippen molar-refractivity contribution in [3.05, 3.63) is 55.6 Å². The number of nitrogens with zero attached hydrogens (tertiary/aromatic N) is 5. The van der Waals surface area contributed by atoms with Gasteiger partial charge in [0.1, 0.15) is 37.9 Å². The van der Waals surface area contributed by atoms with Gasteiger partial charge in [-0.25, -0.2) is 9.13 Å². The molecule has 7 heteroatoms. The van der Waals surface area contributed by atoms with E-state index in [2.05, 4.69) is 4.98 Å². The summed E-state index contributed by atoms with van der Waals surface area (Å²) in [6, 6.07) is 5.81. The average molecular weight is 301 g/mol. The lowest BCUT2D eigenvalue weighted by Gasteiger charge is -1.98. The van der Waals surface area contributed by atoms with Crippen LogP contribution < -0.4 is 9.13 Å². The van der Waals surface area contributed by atoms with E-state index in [0.29, 0.717) is 13.1 Å². The molecule has 0 spiro atoms. The van der Waals surface area contributed by atoms with Crippen LogP contribution in [0.15, 0.2) is 55.6 Å². The van der Waals surface area contributed by atoms with Crippen molar-refractivity contribution in [2.45, 2.75) is 13.1 Å². The highest BCUT2D eigenvalue weighted by Crippen LogP contribution is 2.08. The van der Waals surface area contributed by atoms with Gasteiger partial charge in [0.25, 0.3) is 0 Å². The van der Waals surface area contributed by atoms with Gasteiger partial charge in [-0.1, -0.05) is 6.07 Å². The summed E-state index contributed by atoms with van der Waals surface area (Å²) in [5, 5.41) is 17.9. The zero-order valence-electron chi connectivity index (χ0n) is 12.2. The lowest BCUT2D eigenvalue weighted by molar-refractivity contribution is -0.697. The number of hydrogen-bond donors (Lipinski definition) is 2. The molecular formula is C15H19N5O2+2. The van der Waals surface area contributed by atoms with E-state index in [1.807, 2.05) is 73.9 Å². The van der Waals surface area contributed by atoms with Crippen molar-refractivity contribution >= 4 is 0 Å². The molecule has 0 fully saturated rings. The van der Waals surface area contributed by atoms with Crippen molar-refractivity contribution < 1.29 is 19.3 Å². The Morgan fingerprint density at radius 3 is 1.82 bits per heavy atom. The molecule has 22 heavy (non-hydrogen) atoms. The fourth-order valence-electron chi connectivity index (χ4n) is 2.25. The van der Waals surface area contributed by atoms with Crippen LogP contribution in [0, 0.1) is 0 Å². The molecule has 0 atom stereocenters. The second-order valence-corrected chi connectivity index (χ2v) is 4.92. The molecule has 0 aromatic carbocycles. The van der Waals surface area contributed by atoms with E-state index in [-0.39, 0.29) is 13.2 Å². The van der Waals surface area contributed by atoms with Crippen molar-refractivity contribution in [2.24, 2.45) is 0 Å². The topological polar surface area (TPSA) is 71.0 Å². The van der Waals surface area contributed by atoms with Crippen LogP contribution in [0.3, 0.4) is 0 Å². The number of imidazole rings is 2. The third-order valence-electron chi connectivity index (χ3n) is 3.35. The Morgan fingerprint density at radius 1 is 0.864 bits per heavy atom. The molecule has 7 nitrogen and oxygen atoms in total. The van der Waals surface area contributed by atoms with E-state index in [1.54, 1.807) is 0 Å². The fraction of sp³-hybridized carbons (Fsp3) is 0.267. The van der Waals surface area contributed by atoms with E-state index >= 15 is 0 Å². The summed E-state index contributed by atoms with van der Waals surface area (Å²) < 4.78 is 7.62. The number of aliphatic hydroxyl groups is 2. The monoisotopic (exact) mass is 301 g/mol. The number of hydrogen-bond acceptors (Lipinski definition) is 3. The Kier molecular flexibility index (Phi) is 4.27. The summed E-state index contributed by atoms with van der Waals surface area (Å²) in [6.45, 7) is 1.34. The van der Waals surface area contributed by atoms with Crippen molar-refractivity contribution in [1.82, 2.24) is 14.1 Å². The zero-order chi connectivity index (χ0) is 15.4. The van der Waals surface area contributed by atoms with Crippen LogP contribution in [0.4, 0.5) is 0 Å². The first-order chi connectivity index (χ1) is 10.8. The second-order valence-electron chi connectivity index (χ2n) is 4.92. The van der Waals surface area contributed by atoms with Crippen LogP contribution in [0.25, 0.3) is 11.6 Å². The highest BCUT2D eigenvalue weighted by molar-refractivity contribution is 5.31. The predicted molar refractivity (Wildman–Crippen MR) is 77.5 cm³/mol. The summed E-state index contributed by atoms with van der Waals surface area (Å²) in [7, 11) is 0. The van der Waals surface area contributed by atoms with Gasteiger partial charge < -0.3 is 10.2 Å². The summed E-state index contributed by atoms with van der Waals surface area (Å²) >= 11 is 0. The van der Waals surface area contributed by atoms with Gasteiger partial charge in [0.05, 0.1) is 13.2 Å². The summed E-state index contributed by atoms with van der Waals surface area (Å²) in [5.41, 5.74) is 0.